The lowest BCUT2D eigenvalue weighted by Gasteiger charge is -2.38. The summed E-state index contributed by atoms with van der Waals surface area (Å²) in [5, 5.41) is 5.39. The Morgan fingerprint density at radius 1 is 1.12 bits per heavy atom. The number of carbonyl (C=O) groups excluding carboxylic acids is 2. The molecular formula is C37H33F5N6O3. The number of rotatable bonds is 8. The number of pyridine rings is 1. The molecule has 0 spiro atoms. The molecule has 8 rings (SSSR count). The quantitative estimate of drug-likeness (QED) is 0.106. The van der Waals surface area contributed by atoms with Crippen LogP contribution in [0.25, 0.3) is 27.7 Å². The number of fused-ring (bicyclic) bond motifs is 4. The van der Waals surface area contributed by atoms with Crippen molar-refractivity contribution >= 4 is 39.6 Å². The minimum absolute atomic E-state index is 0.0252. The van der Waals surface area contributed by atoms with Gasteiger partial charge in [0, 0.05) is 55.1 Å². The number of hydrogen-bond donors (Lipinski definition) is 2. The van der Waals surface area contributed by atoms with Gasteiger partial charge in [-0.25, -0.2) is 13.8 Å². The average molecular weight is 705 g/mol. The number of carbonyl (C=O) groups is 2. The fraction of sp³-hybridized carbons (Fsp3) is 0.324. The van der Waals surface area contributed by atoms with E-state index < -0.39 is 40.8 Å². The van der Waals surface area contributed by atoms with Crippen molar-refractivity contribution in [3.8, 4) is 11.1 Å². The maximum atomic E-state index is 15.3. The van der Waals surface area contributed by atoms with Gasteiger partial charge in [0.1, 0.15) is 22.8 Å². The maximum absolute atomic E-state index is 15.3. The van der Waals surface area contributed by atoms with Gasteiger partial charge in [-0.1, -0.05) is 12.1 Å². The molecule has 5 aromatic rings. The number of hydrogen-bond acceptors (Lipinski definition) is 6. The minimum atomic E-state index is -4.71. The van der Waals surface area contributed by atoms with Crippen LogP contribution >= 0.6 is 0 Å². The van der Waals surface area contributed by atoms with Crippen LogP contribution in [-0.4, -0.2) is 64.5 Å². The summed E-state index contributed by atoms with van der Waals surface area (Å²) < 4.78 is 83.8. The number of alkyl halides is 3. The monoisotopic (exact) mass is 704 g/mol. The van der Waals surface area contributed by atoms with Gasteiger partial charge < -0.3 is 29.2 Å². The Labute approximate surface area is 288 Å². The summed E-state index contributed by atoms with van der Waals surface area (Å²) in [6.07, 6.45) is 3.23. The fourth-order valence-electron chi connectivity index (χ4n) is 7.09. The Hall–Kier alpha value is -5.08. The topological polar surface area (TPSA) is 92.9 Å². The fourth-order valence-corrected chi connectivity index (χ4v) is 7.09. The second kappa shape index (κ2) is 12.0. The Balaban J connectivity index is 1.16. The van der Waals surface area contributed by atoms with Crippen molar-refractivity contribution in [2.45, 2.75) is 43.9 Å². The van der Waals surface area contributed by atoms with Crippen molar-refractivity contribution in [3.05, 3.63) is 95.1 Å². The van der Waals surface area contributed by atoms with E-state index in [1.54, 1.807) is 42.7 Å². The molecule has 1 saturated heterocycles. The zero-order valence-electron chi connectivity index (χ0n) is 27.7. The second-order valence-electron chi connectivity index (χ2n) is 13.7. The summed E-state index contributed by atoms with van der Waals surface area (Å²) in [4.78, 5) is 32.7. The Morgan fingerprint density at radius 2 is 1.86 bits per heavy atom. The molecule has 14 heteroatoms. The average Bonchev–Trinajstić information content (AvgIpc) is 3.72. The van der Waals surface area contributed by atoms with Gasteiger partial charge in [-0.05, 0) is 62.1 Å². The highest BCUT2D eigenvalue weighted by molar-refractivity contribution is 6.11. The van der Waals surface area contributed by atoms with Gasteiger partial charge in [-0.2, -0.15) is 13.2 Å². The van der Waals surface area contributed by atoms with Crippen LogP contribution in [0.1, 0.15) is 53.0 Å². The first-order chi connectivity index (χ1) is 24.3. The molecule has 0 radical (unpaired) electrons. The molecule has 2 aliphatic heterocycles. The first kappa shape index (κ1) is 33.1. The van der Waals surface area contributed by atoms with E-state index in [1.165, 1.54) is 10.5 Å². The third kappa shape index (κ3) is 5.75. The lowest BCUT2D eigenvalue weighted by Crippen LogP contribution is -2.58. The standard InChI is InChI=1S/C37H33F5N6O3/c1-36(17-51-18-36)44-10-3-6-29(49)45-31-25(38)13-21(14-26(31)39)35(50)28-15-20-9-12-46(2)34-30(23-5-4-11-47(28)33(20)23)24(37(40,41)42)16-27-32(34)43-19-48(27)22-7-8-22/h3-6,11,13-16,19,22,44H,7-10,12,17-18H2,1-2H3,(H,45,49)/b6-3+. The number of imidazole rings is 1. The molecule has 0 bridgehead atoms. The van der Waals surface area contributed by atoms with Crippen molar-refractivity contribution in [2.24, 2.45) is 0 Å². The van der Waals surface area contributed by atoms with E-state index in [4.69, 9.17) is 4.74 Å². The molecular weight excluding hydrogens is 671 g/mol. The molecule has 5 heterocycles. The van der Waals surface area contributed by atoms with Crippen LogP contribution in [0.3, 0.4) is 0 Å². The number of likely N-dealkylation sites (N-methyl/N-ethyl adjacent to an activating group) is 1. The predicted octanol–water partition coefficient (Wildman–Crippen LogP) is 6.68. The number of aromatic nitrogens is 3. The largest absolute Gasteiger partial charge is 0.417 e. The van der Waals surface area contributed by atoms with Crippen molar-refractivity contribution in [1.29, 1.82) is 0 Å². The number of benzene rings is 2. The third-order valence-electron chi connectivity index (χ3n) is 9.87. The maximum Gasteiger partial charge on any atom is 0.417 e. The zero-order valence-corrected chi connectivity index (χ0v) is 27.7. The van der Waals surface area contributed by atoms with Gasteiger partial charge >= 0.3 is 6.18 Å². The van der Waals surface area contributed by atoms with Crippen LogP contribution in [0.2, 0.25) is 0 Å². The van der Waals surface area contributed by atoms with Crippen molar-refractivity contribution in [2.75, 3.05) is 43.6 Å². The van der Waals surface area contributed by atoms with Crippen LogP contribution in [-0.2, 0) is 22.1 Å². The number of nitrogens with zero attached hydrogens (tertiary/aromatic N) is 4. The van der Waals surface area contributed by atoms with Gasteiger partial charge in [-0.15, -0.1) is 0 Å². The number of halogens is 5. The number of amides is 1. The van der Waals surface area contributed by atoms with Gasteiger partial charge in [0.05, 0.1) is 53.1 Å². The summed E-state index contributed by atoms with van der Waals surface area (Å²) in [5.41, 5.74) is 0.424. The van der Waals surface area contributed by atoms with Crippen molar-refractivity contribution in [1.82, 2.24) is 19.3 Å². The lowest BCUT2D eigenvalue weighted by molar-refractivity contribution is -0.137. The molecule has 2 fully saturated rings. The van der Waals surface area contributed by atoms with E-state index in [1.807, 2.05) is 11.5 Å². The zero-order chi connectivity index (χ0) is 35.8. The van der Waals surface area contributed by atoms with Crippen LogP contribution < -0.4 is 15.5 Å². The summed E-state index contributed by atoms with van der Waals surface area (Å²) in [7, 11) is 1.73. The Bertz CT molecular complexity index is 2260. The van der Waals surface area contributed by atoms with E-state index >= 15 is 8.78 Å². The molecule has 264 valence electrons. The van der Waals surface area contributed by atoms with E-state index in [0.717, 1.165) is 37.1 Å². The summed E-state index contributed by atoms with van der Waals surface area (Å²) in [6.45, 7) is 3.70. The molecule has 0 unspecified atom stereocenters. The molecule has 1 saturated carbocycles. The molecule has 9 nitrogen and oxygen atoms in total. The SMILES string of the molecule is CN1CCc2cc(C(=O)c3cc(F)c(NC(=O)/C=C/CNC4(C)COC4)c(F)c3)n3cccc(c23)-c2c(C(F)(F)F)cc3c(ncn3C3CC3)c21. The predicted molar refractivity (Wildman–Crippen MR) is 181 cm³/mol. The highest BCUT2D eigenvalue weighted by Gasteiger charge is 2.40. The van der Waals surface area contributed by atoms with Gasteiger partial charge in [0.15, 0.2) is 0 Å². The van der Waals surface area contributed by atoms with Crippen LogP contribution in [0, 0.1) is 11.6 Å². The number of ketones is 1. The second-order valence-corrected chi connectivity index (χ2v) is 13.7. The number of nitrogens with one attached hydrogen (secondary N) is 2. The minimum Gasteiger partial charge on any atom is -0.377 e. The van der Waals surface area contributed by atoms with Crippen LogP contribution in [0.4, 0.5) is 33.3 Å². The smallest absolute Gasteiger partial charge is 0.377 e. The first-order valence-corrected chi connectivity index (χ1v) is 16.6. The van der Waals surface area contributed by atoms with E-state index in [-0.39, 0.29) is 34.0 Å². The van der Waals surface area contributed by atoms with Crippen LogP contribution in [0.15, 0.2) is 61.1 Å². The van der Waals surface area contributed by atoms with E-state index in [2.05, 4.69) is 15.6 Å². The highest BCUT2D eigenvalue weighted by atomic mass is 19.4. The van der Waals surface area contributed by atoms with E-state index in [9.17, 15) is 22.8 Å². The molecule has 0 atom stereocenters. The summed E-state index contributed by atoms with van der Waals surface area (Å²) in [6, 6.07) is 7.65. The molecule has 2 aromatic carbocycles. The first-order valence-electron chi connectivity index (χ1n) is 16.6. The lowest BCUT2D eigenvalue weighted by atomic mass is 9.92. The van der Waals surface area contributed by atoms with Crippen molar-refractivity contribution < 1.29 is 36.3 Å². The van der Waals surface area contributed by atoms with Crippen LogP contribution in [0.5, 0.6) is 0 Å². The molecule has 1 amide bonds. The summed E-state index contributed by atoms with van der Waals surface area (Å²) in [5.74, 6) is -3.82. The molecule has 51 heavy (non-hydrogen) atoms. The summed E-state index contributed by atoms with van der Waals surface area (Å²) >= 11 is 0. The van der Waals surface area contributed by atoms with E-state index in [0.29, 0.717) is 60.5 Å². The molecule has 2 N–H and O–H groups in total. The van der Waals surface area contributed by atoms with Crippen molar-refractivity contribution in [3.63, 3.8) is 0 Å². The van der Waals surface area contributed by atoms with Gasteiger partial charge in [0.2, 0.25) is 11.7 Å². The highest BCUT2D eigenvalue weighted by Crippen LogP contribution is 2.50. The Morgan fingerprint density at radius 3 is 2.53 bits per heavy atom. The molecule has 3 aromatic heterocycles. The molecule has 1 aliphatic carbocycles. The molecule has 3 aliphatic rings. The Kier molecular flexibility index (Phi) is 7.79. The number of anilines is 2. The van der Waals surface area contributed by atoms with Gasteiger partial charge in [-0.3, -0.25) is 9.59 Å². The van der Waals surface area contributed by atoms with Gasteiger partial charge in [0.25, 0.3) is 0 Å². The third-order valence-corrected chi connectivity index (χ3v) is 9.87. The number of ether oxygens (including phenoxy) is 1. The normalized spacial score (nSPS) is 17.0.